The molecule has 0 saturated carbocycles. The zero-order valence-corrected chi connectivity index (χ0v) is 15.2. The molecule has 7 heteroatoms. The van der Waals surface area contributed by atoms with Crippen LogP contribution in [0.4, 0.5) is 0 Å². The van der Waals surface area contributed by atoms with Gasteiger partial charge in [0.25, 0.3) is 0 Å². The van der Waals surface area contributed by atoms with Gasteiger partial charge in [0.15, 0.2) is 16.7 Å². The first-order valence-electron chi connectivity index (χ1n) is 7.95. The summed E-state index contributed by atoms with van der Waals surface area (Å²) >= 11 is 1.39. The Morgan fingerprint density at radius 3 is 2.68 bits per heavy atom. The van der Waals surface area contributed by atoms with Gasteiger partial charge in [0.1, 0.15) is 0 Å². The quantitative estimate of drug-likeness (QED) is 0.635. The van der Waals surface area contributed by atoms with Crippen molar-refractivity contribution in [3.8, 4) is 11.6 Å². The molecule has 3 aromatic rings. The molecule has 3 rings (SSSR count). The van der Waals surface area contributed by atoms with Crippen molar-refractivity contribution in [1.82, 2.24) is 19.7 Å². The average Bonchev–Trinajstić information content (AvgIpc) is 3.25. The number of aromatic nitrogens is 3. The molecule has 1 aromatic carbocycles. The van der Waals surface area contributed by atoms with Crippen LogP contribution in [-0.4, -0.2) is 37.9 Å². The van der Waals surface area contributed by atoms with Crippen molar-refractivity contribution in [3.63, 3.8) is 0 Å². The molecule has 2 aromatic heterocycles. The molecule has 0 aliphatic carbocycles. The van der Waals surface area contributed by atoms with E-state index in [4.69, 9.17) is 4.42 Å². The molecule has 0 bridgehead atoms. The fourth-order valence-electron chi connectivity index (χ4n) is 2.49. The van der Waals surface area contributed by atoms with Crippen molar-refractivity contribution in [1.29, 1.82) is 0 Å². The van der Waals surface area contributed by atoms with Crippen LogP contribution in [0.3, 0.4) is 0 Å². The molecule has 130 valence electrons. The second kappa shape index (κ2) is 7.57. The smallest absolute Gasteiger partial charge is 0.235 e. The number of carbonyl (C=O) groups is 1. The van der Waals surface area contributed by atoms with Crippen molar-refractivity contribution in [2.45, 2.75) is 23.9 Å². The van der Waals surface area contributed by atoms with E-state index in [0.717, 1.165) is 5.56 Å². The fourth-order valence-corrected chi connectivity index (χ4v) is 3.42. The SMILES string of the molecule is C[C@H](Sc1nnc(-c2ccco2)n1C)C(=O)N(C)Cc1ccccc1. The summed E-state index contributed by atoms with van der Waals surface area (Å²) < 4.78 is 7.20. The minimum absolute atomic E-state index is 0.0522. The lowest BCUT2D eigenvalue weighted by Crippen LogP contribution is -2.32. The highest BCUT2D eigenvalue weighted by molar-refractivity contribution is 8.00. The number of nitrogens with zero attached hydrogens (tertiary/aromatic N) is 4. The lowest BCUT2D eigenvalue weighted by molar-refractivity contribution is -0.129. The molecule has 0 unspecified atom stereocenters. The summed E-state index contributed by atoms with van der Waals surface area (Å²) in [5.74, 6) is 1.35. The lowest BCUT2D eigenvalue weighted by Gasteiger charge is -2.21. The van der Waals surface area contributed by atoms with Gasteiger partial charge in [-0.15, -0.1) is 10.2 Å². The fraction of sp³-hybridized carbons (Fsp3) is 0.278. The van der Waals surface area contributed by atoms with Gasteiger partial charge < -0.3 is 13.9 Å². The predicted molar refractivity (Wildman–Crippen MR) is 96.9 cm³/mol. The lowest BCUT2D eigenvalue weighted by atomic mass is 10.2. The van der Waals surface area contributed by atoms with E-state index in [1.807, 2.05) is 68.1 Å². The maximum Gasteiger partial charge on any atom is 0.235 e. The Labute approximate surface area is 150 Å². The van der Waals surface area contributed by atoms with Crippen LogP contribution >= 0.6 is 11.8 Å². The van der Waals surface area contributed by atoms with E-state index < -0.39 is 0 Å². The molecule has 0 fully saturated rings. The monoisotopic (exact) mass is 356 g/mol. The number of hydrogen-bond donors (Lipinski definition) is 0. The first kappa shape index (κ1) is 17.3. The van der Waals surface area contributed by atoms with E-state index in [1.54, 1.807) is 11.2 Å². The third-order valence-electron chi connectivity index (χ3n) is 3.85. The summed E-state index contributed by atoms with van der Waals surface area (Å²) in [6.45, 7) is 2.47. The van der Waals surface area contributed by atoms with E-state index >= 15 is 0 Å². The number of carbonyl (C=O) groups excluding carboxylic acids is 1. The second-order valence-corrected chi connectivity index (χ2v) is 7.09. The largest absolute Gasteiger partial charge is 0.461 e. The number of hydrogen-bond acceptors (Lipinski definition) is 5. The van der Waals surface area contributed by atoms with Crippen LogP contribution in [0.2, 0.25) is 0 Å². The molecule has 25 heavy (non-hydrogen) atoms. The molecule has 0 aliphatic heterocycles. The topological polar surface area (TPSA) is 64.2 Å². The van der Waals surface area contributed by atoms with Crippen LogP contribution in [0.5, 0.6) is 0 Å². The number of benzene rings is 1. The highest BCUT2D eigenvalue weighted by Crippen LogP contribution is 2.26. The van der Waals surface area contributed by atoms with Gasteiger partial charge in [0, 0.05) is 20.6 Å². The average molecular weight is 356 g/mol. The Balaban J connectivity index is 1.65. The first-order chi connectivity index (χ1) is 12.1. The number of amides is 1. The maximum atomic E-state index is 12.6. The molecule has 1 amide bonds. The molecule has 1 atom stereocenters. The minimum Gasteiger partial charge on any atom is -0.461 e. The zero-order valence-electron chi connectivity index (χ0n) is 14.4. The molecule has 2 heterocycles. The van der Waals surface area contributed by atoms with Gasteiger partial charge in [-0.25, -0.2) is 0 Å². The maximum absolute atomic E-state index is 12.6. The van der Waals surface area contributed by atoms with E-state index in [9.17, 15) is 4.79 Å². The second-order valence-electron chi connectivity index (χ2n) is 5.78. The third-order valence-corrected chi connectivity index (χ3v) is 4.97. The van der Waals surface area contributed by atoms with Gasteiger partial charge in [-0.3, -0.25) is 4.79 Å². The summed E-state index contributed by atoms with van der Waals surface area (Å²) in [7, 11) is 3.68. The third kappa shape index (κ3) is 3.93. The van der Waals surface area contributed by atoms with E-state index in [0.29, 0.717) is 23.3 Å². The van der Waals surface area contributed by atoms with E-state index in [1.165, 1.54) is 11.8 Å². The summed E-state index contributed by atoms with van der Waals surface area (Å²) in [5, 5.41) is 8.76. The van der Waals surface area contributed by atoms with Crippen LogP contribution in [0.1, 0.15) is 12.5 Å². The van der Waals surface area contributed by atoms with Crippen LogP contribution in [0.25, 0.3) is 11.6 Å². The van der Waals surface area contributed by atoms with Crippen molar-refractivity contribution < 1.29 is 9.21 Å². The highest BCUT2D eigenvalue weighted by Gasteiger charge is 2.22. The Hall–Kier alpha value is -2.54. The van der Waals surface area contributed by atoms with Crippen LogP contribution in [0, 0.1) is 0 Å². The molecule has 0 aliphatic rings. The van der Waals surface area contributed by atoms with E-state index in [-0.39, 0.29) is 11.2 Å². The highest BCUT2D eigenvalue weighted by atomic mass is 32.2. The Morgan fingerprint density at radius 1 is 1.24 bits per heavy atom. The molecule has 0 N–H and O–H groups in total. The van der Waals surface area contributed by atoms with Crippen LogP contribution < -0.4 is 0 Å². The summed E-state index contributed by atoms with van der Waals surface area (Å²) in [6, 6.07) is 13.6. The number of rotatable bonds is 6. The van der Waals surface area contributed by atoms with Gasteiger partial charge in [-0.05, 0) is 24.6 Å². The predicted octanol–water partition coefficient (Wildman–Crippen LogP) is 3.21. The summed E-state index contributed by atoms with van der Waals surface area (Å²) in [6.07, 6.45) is 1.60. The molecule has 0 spiro atoms. The van der Waals surface area contributed by atoms with Crippen molar-refractivity contribution in [2.75, 3.05) is 7.05 Å². The van der Waals surface area contributed by atoms with Crippen molar-refractivity contribution in [3.05, 3.63) is 54.3 Å². The zero-order chi connectivity index (χ0) is 17.8. The van der Waals surface area contributed by atoms with Gasteiger partial charge in [0.2, 0.25) is 5.91 Å². The van der Waals surface area contributed by atoms with Gasteiger partial charge in [-0.1, -0.05) is 42.1 Å². The standard InChI is InChI=1S/C18H20N4O2S/c1-13(17(23)21(2)12-14-8-5-4-6-9-14)25-18-20-19-16(22(18)3)15-10-7-11-24-15/h4-11,13H,12H2,1-3H3/t13-/m0/s1. The summed E-state index contributed by atoms with van der Waals surface area (Å²) in [5.41, 5.74) is 1.11. The Kier molecular flexibility index (Phi) is 5.23. The number of furan rings is 1. The molecular formula is C18H20N4O2S. The van der Waals surface area contributed by atoms with Gasteiger partial charge >= 0.3 is 0 Å². The Morgan fingerprint density at radius 2 is 2.00 bits per heavy atom. The molecule has 0 saturated heterocycles. The van der Waals surface area contributed by atoms with E-state index in [2.05, 4.69) is 10.2 Å². The Bertz CT molecular complexity index is 830. The van der Waals surface area contributed by atoms with Crippen molar-refractivity contribution >= 4 is 17.7 Å². The van der Waals surface area contributed by atoms with Crippen LogP contribution in [-0.2, 0) is 18.4 Å². The number of thioether (sulfide) groups is 1. The van der Waals surface area contributed by atoms with Gasteiger partial charge in [0.05, 0.1) is 11.5 Å². The molecular weight excluding hydrogens is 336 g/mol. The normalized spacial score (nSPS) is 12.1. The first-order valence-corrected chi connectivity index (χ1v) is 8.83. The van der Waals surface area contributed by atoms with Crippen molar-refractivity contribution in [2.24, 2.45) is 7.05 Å². The summed E-state index contributed by atoms with van der Waals surface area (Å²) in [4.78, 5) is 14.4. The van der Waals surface area contributed by atoms with Gasteiger partial charge in [-0.2, -0.15) is 0 Å². The molecule has 0 radical (unpaired) electrons. The minimum atomic E-state index is -0.263. The molecule has 6 nitrogen and oxygen atoms in total. The van der Waals surface area contributed by atoms with Crippen LogP contribution in [0.15, 0.2) is 58.3 Å².